The lowest BCUT2D eigenvalue weighted by atomic mass is 10.3. The number of phenolic OH excluding ortho intramolecular Hbond substituents is 1. The Morgan fingerprint density at radius 3 is 2.87 bits per heavy atom. The summed E-state index contributed by atoms with van der Waals surface area (Å²) in [6.07, 6.45) is 4.38. The Morgan fingerprint density at radius 2 is 2.13 bits per heavy atom. The lowest BCUT2D eigenvalue weighted by Crippen LogP contribution is -1.83. The number of fused-ring (bicyclic) bond motifs is 2. The van der Waals surface area contributed by atoms with Gasteiger partial charge < -0.3 is 9.84 Å². The Kier molecular flexibility index (Phi) is 2.68. The highest BCUT2D eigenvalue weighted by Gasteiger charge is 2.28. The van der Waals surface area contributed by atoms with Gasteiger partial charge in [-0.05, 0) is 12.8 Å². The predicted octanol–water partition coefficient (Wildman–Crippen LogP) is 3.66. The molecule has 5 rings (SSSR count). The number of thiazole rings is 1. The van der Waals surface area contributed by atoms with Gasteiger partial charge in [-0.25, -0.2) is 14.5 Å². The van der Waals surface area contributed by atoms with E-state index in [0.29, 0.717) is 17.2 Å². The second kappa shape index (κ2) is 4.65. The lowest BCUT2D eigenvalue weighted by Gasteiger charge is -1.99. The van der Waals surface area contributed by atoms with Crippen LogP contribution in [-0.2, 0) is 0 Å². The minimum Gasteiger partial charge on any atom is -0.506 e. The molecule has 0 unspecified atom stereocenters. The molecule has 1 aliphatic rings. The zero-order valence-electron chi connectivity index (χ0n) is 12.2. The summed E-state index contributed by atoms with van der Waals surface area (Å²) in [5.74, 6) is 1.41. The first-order valence-corrected chi connectivity index (χ1v) is 8.88. The van der Waals surface area contributed by atoms with E-state index >= 15 is 0 Å². The summed E-state index contributed by atoms with van der Waals surface area (Å²) in [7, 11) is 1.57. The van der Waals surface area contributed by atoms with Crippen LogP contribution >= 0.6 is 22.7 Å². The number of imidazole rings is 1. The van der Waals surface area contributed by atoms with Crippen molar-refractivity contribution >= 4 is 37.9 Å². The molecule has 3 heterocycles. The molecule has 4 aromatic rings. The van der Waals surface area contributed by atoms with Gasteiger partial charge in [0.25, 0.3) is 0 Å². The van der Waals surface area contributed by atoms with Crippen molar-refractivity contribution in [3.8, 4) is 22.2 Å². The third-order valence-corrected chi connectivity index (χ3v) is 6.09. The summed E-state index contributed by atoms with van der Waals surface area (Å²) in [6.45, 7) is 0. The molecule has 8 heteroatoms. The van der Waals surface area contributed by atoms with E-state index in [1.807, 2.05) is 16.8 Å². The average Bonchev–Trinajstić information content (AvgIpc) is 3.00. The van der Waals surface area contributed by atoms with E-state index in [4.69, 9.17) is 4.74 Å². The minimum atomic E-state index is 0.179. The van der Waals surface area contributed by atoms with Crippen LogP contribution < -0.4 is 4.74 Å². The SMILES string of the molecule is COc1cc(O)c2sc(-c3cn4nc(C5CC5)sc4n3)nc2c1. The van der Waals surface area contributed by atoms with Gasteiger partial charge in [0.1, 0.15) is 27.2 Å². The minimum absolute atomic E-state index is 0.179. The molecule has 0 spiro atoms. The summed E-state index contributed by atoms with van der Waals surface area (Å²) < 4.78 is 7.74. The summed E-state index contributed by atoms with van der Waals surface area (Å²) in [5.41, 5.74) is 1.50. The number of rotatable bonds is 3. The largest absolute Gasteiger partial charge is 0.506 e. The first-order chi connectivity index (χ1) is 11.2. The summed E-state index contributed by atoms with van der Waals surface area (Å²) in [5, 5.41) is 16.6. The van der Waals surface area contributed by atoms with Crippen molar-refractivity contribution in [1.29, 1.82) is 0 Å². The molecule has 0 atom stereocenters. The number of nitrogens with zero attached hydrogens (tertiary/aromatic N) is 4. The number of aromatic hydroxyl groups is 1. The van der Waals surface area contributed by atoms with Crippen molar-refractivity contribution < 1.29 is 9.84 Å². The van der Waals surface area contributed by atoms with Crippen LogP contribution in [0.25, 0.3) is 25.9 Å². The highest BCUT2D eigenvalue weighted by Crippen LogP contribution is 2.42. The second-order valence-electron chi connectivity index (χ2n) is 5.58. The van der Waals surface area contributed by atoms with Gasteiger partial charge >= 0.3 is 0 Å². The Bertz CT molecular complexity index is 1010. The molecule has 3 aromatic heterocycles. The average molecular weight is 344 g/mol. The molecule has 0 amide bonds. The predicted molar refractivity (Wildman–Crippen MR) is 89.7 cm³/mol. The van der Waals surface area contributed by atoms with Crippen molar-refractivity contribution in [2.75, 3.05) is 7.11 Å². The number of phenols is 1. The quantitative estimate of drug-likeness (QED) is 0.614. The van der Waals surface area contributed by atoms with Gasteiger partial charge in [0.15, 0.2) is 0 Å². The zero-order chi connectivity index (χ0) is 15.6. The number of benzene rings is 1. The molecule has 0 saturated heterocycles. The summed E-state index contributed by atoms with van der Waals surface area (Å²) in [6, 6.07) is 3.41. The number of aromatic nitrogens is 4. The fourth-order valence-corrected chi connectivity index (χ4v) is 4.49. The third-order valence-electron chi connectivity index (χ3n) is 3.88. The molecule has 1 fully saturated rings. The molecule has 1 saturated carbocycles. The van der Waals surface area contributed by atoms with E-state index in [2.05, 4.69) is 15.1 Å². The maximum absolute atomic E-state index is 10.1. The number of hydrogen-bond donors (Lipinski definition) is 1. The monoisotopic (exact) mass is 344 g/mol. The first kappa shape index (κ1) is 13.3. The van der Waals surface area contributed by atoms with E-state index in [-0.39, 0.29) is 5.75 Å². The van der Waals surface area contributed by atoms with Crippen LogP contribution in [0.5, 0.6) is 11.5 Å². The number of hydrogen-bond acceptors (Lipinski definition) is 7. The summed E-state index contributed by atoms with van der Waals surface area (Å²) >= 11 is 3.07. The van der Waals surface area contributed by atoms with Gasteiger partial charge in [-0.1, -0.05) is 11.3 Å². The van der Waals surface area contributed by atoms with Crippen molar-refractivity contribution in [2.45, 2.75) is 18.8 Å². The van der Waals surface area contributed by atoms with Crippen LogP contribution in [0.1, 0.15) is 23.8 Å². The standard InChI is InChI=1S/C15H12N4O2S2/c1-21-8-4-9-12(11(20)5-8)22-14(16-9)10-6-19-15(17-10)23-13(18-19)7-2-3-7/h4-7,20H,2-3H2,1H3. The molecule has 1 aliphatic carbocycles. The maximum atomic E-state index is 10.1. The van der Waals surface area contributed by atoms with Crippen molar-refractivity contribution in [3.63, 3.8) is 0 Å². The van der Waals surface area contributed by atoms with Gasteiger partial charge in [0.05, 0.1) is 23.5 Å². The van der Waals surface area contributed by atoms with Gasteiger partial charge in [-0.2, -0.15) is 5.10 Å². The Morgan fingerprint density at radius 1 is 1.26 bits per heavy atom. The van der Waals surface area contributed by atoms with Gasteiger partial charge in [-0.3, -0.25) is 0 Å². The Balaban J connectivity index is 1.61. The molecule has 1 N–H and O–H groups in total. The van der Waals surface area contributed by atoms with Crippen LogP contribution in [-0.4, -0.2) is 31.8 Å². The van der Waals surface area contributed by atoms with E-state index in [1.54, 1.807) is 24.5 Å². The van der Waals surface area contributed by atoms with Crippen LogP contribution in [0.2, 0.25) is 0 Å². The van der Waals surface area contributed by atoms with Gasteiger partial charge in [0.2, 0.25) is 4.96 Å². The van der Waals surface area contributed by atoms with Crippen LogP contribution in [0.4, 0.5) is 0 Å². The Hall–Kier alpha value is -2.19. The summed E-state index contributed by atoms with van der Waals surface area (Å²) in [4.78, 5) is 10.1. The fourth-order valence-electron chi connectivity index (χ4n) is 2.53. The fraction of sp³-hybridized carbons (Fsp3) is 0.267. The highest BCUT2D eigenvalue weighted by molar-refractivity contribution is 7.22. The van der Waals surface area contributed by atoms with Gasteiger partial charge in [0, 0.05) is 18.1 Å². The van der Waals surface area contributed by atoms with Crippen molar-refractivity contribution in [2.24, 2.45) is 0 Å². The van der Waals surface area contributed by atoms with Crippen LogP contribution in [0, 0.1) is 0 Å². The Labute approximate surface area is 139 Å². The van der Waals surface area contributed by atoms with Crippen molar-refractivity contribution in [1.82, 2.24) is 19.6 Å². The van der Waals surface area contributed by atoms with E-state index in [0.717, 1.165) is 20.4 Å². The van der Waals surface area contributed by atoms with E-state index in [9.17, 15) is 5.11 Å². The lowest BCUT2D eigenvalue weighted by molar-refractivity contribution is 0.409. The second-order valence-corrected chi connectivity index (χ2v) is 7.57. The van der Waals surface area contributed by atoms with E-state index in [1.165, 1.54) is 29.2 Å². The van der Waals surface area contributed by atoms with E-state index < -0.39 is 0 Å². The normalized spacial score (nSPS) is 14.8. The molecule has 116 valence electrons. The smallest absolute Gasteiger partial charge is 0.212 e. The molecule has 0 bridgehead atoms. The molecule has 6 nitrogen and oxygen atoms in total. The topological polar surface area (TPSA) is 72.5 Å². The third kappa shape index (κ3) is 2.09. The van der Waals surface area contributed by atoms with Gasteiger partial charge in [-0.15, -0.1) is 11.3 Å². The molecular formula is C15H12N4O2S2. The van der Waals surface area contributed by atoms with Crippen LogP contribution in [0.15, 0.2) is 18.3 Å². The molecular weight excluding hydrogens is 332 g/mol. The number of methoxy groups -OCH3 is 1. The zero-order valence-corrected chi connectivity index (χ0v) is 13.8. The first-order valence-electron chi connectivity index (χ1n) is 7.25. The molecule has 0 aliphatic heterocycles. The van der Waals surface area contributed by atoms with Crippen LogP contribution in [0.3, 0.4) is 0 Å². The maximum Gasteiger partial charge on any atom is 0.212 e. The molecule has 0 radical (unpaired) electrons. The number of ether oxygens (including phenoxy) is 1. The molecule has 23 heavy (non-hydrogen) atoms. The van der Waals surface area contributed by atoms with Crippen molar-refractivity contribution in [3.05, 3.63) is 23.3 Å². The highest BCUT2D eigenvalue weighted by atomic mass is 32.1. The molecule has 1 aromatic carbocycles.